The number of aliphatic hydroxyl groups excluding tert-OH is 1. The van der Waals surface area contributed by atoms with Crippen LogP contribution in [0.2, 0.25) is 0 Å². The fourth-order valence-corrected chi connectivity index (χ4v) is 2.01. The Morgan fingerprint density at radius 1 is 1.63 bits per heavy atom. The molecule has 108 valence electrons. The molecular weight excluding hydrogens is 272 g/mol. The molecule has 2 atom stereocenters. The minimum absolute atomic E-state index is 0. The molecule has 0 aromatic carbocycles. The van der Waals surface area contributed by atoms with Gasteiger partial charge in [0.2, 0.25) is 0 Å². The first-order valence-corrected chi connectivity index (χ1v) is 5.96. The van der Waals surface area contributed by atoms with Gasteiger partial charge in [-0.05, 0) is 6.07 Å². The van der Waals surface area contributed by atoms with Gasteiger partial charge in [0.15, 0.2) is 0 Å². The van der Waals surface area contributed by atoms with E-state index in [1.54, 1.807) is 6.07 Å². The van der Waals surface area contributed by atoms with E-state index < -0.39 is 5.97 Å². The maximum absolute atomic E-state index is 11.2. The van der Waals surface area contributed by atoms with Crippen molar-refractivity contribution in [1.29, 1.82) is 0 Å². The highest BCUT2D eigenvalue weighted by Crippen LogP contribution is 2.10. The van der Waals surface area contributed by atoms with Crippen LogP contribution in [0.5, 0.6) is 0 Å². The molecule has 1 aliphatic rings. The van der Waals surface area contributed by atoms with Crippen LogP contribution in [0.1, 0.15) is 16.1 Å². The van der Waals surface area contributed by atoms with Crippen LogP contribution in [0.3, 0.4) is 0 Å². The van der Waals surface area contributed by atoms with E-state index >= 15 is 0 Å². The molecule has 0 amide bonds. The molecule has 1 saturated heterocycles. The summed E-state index contributed by atoms with van der Waals surface area (Å²) in [5.41, 5.74) is 0.414. The summed E-state index contributed by atoms with van der Waals surface area (Å²) in [6, 6.07) is 1.65. The third-order valence-corrected chi connectivity index (χ3v) is 3.08. The standard InChI is InChI=1S/C12H18N2O4.ClH/c1-17-12(16)8-2-10(18-7-8)5-13-3-9-4-14-6-11(9)15;/h2,7,9,11,13-15H,3-6H2,1H3;1H. The minimum atomic E-state index is -0.402. The van der Waals surface area contributed by atoms with Gasteiger partial charge in [0.25, 0.3) is 0 Å². The lowest BCUT2D eigenvalue weighted by atomic mass is 10.1. The minimum Gasteiger partial charge on any atom is -0.467 e. The summed E-state index contributed by atoms with van der Waals surface area (Å²) >= 11 is 0. The van der Waals surface area contributed by atoms with E-state index in [-0.39, 0.29) is 24.4 Å². The molecule has 2 rings (SSSR count). The Balaban J connectivity index is 0.00000180. The number of β-amino-alcohol motifs (C(OH)–C–C–N with tert-alkyl or cyclic N) is 1. The van der Waals surface area contributed by atoms with E-state index in [4.69, 9.17) is 4.42 Å². The number of nitrogens with one attached hydrogen (secondary N) is 2. The number of esters is 1. The van der Waals surface area contributed by atoms with Gasteiger partial charge in [-0.25, -0.2) is 4.79 Å². The number of rotatable bonds is 5. The highest BCUT2D eigenvalue weighted by Gasteiger charge is 2.24. The average Bonchev–Trinajstić information content (AvgIpc) is 2.99. The van der Waals surface area contributed by atoms with Gasteiger partial charge in [0.1, 0.15) is 12.0 Å². The van der Waals surface area contributed by atoms with Crippen molar-refractivity contribution in [3.05, 3.63) is 23.7 Å². The zero-order valence-electron chi connectivity index (χ0n) is 10.7. The Labute approximate surface area is 117 Å². The van der Waals surface area contributed by atoms with Crippen LogP contribution in [0.25, 0.3) is 0 Å². The molecule has 0 saturated carbocycles. The molecule has 7 heteroatoms. The van der Waals surface area contributed by atoms with Crippen LogP contribution in [-0.4, -0.2) is 43.9 Å². The van der Waals surface area contributed by atoms with Crippen molar-refractivity contribution in [2.45, 2.75) is 12.6 Å². The number of hydrogen-bond acceptors (Lipinski definition) is 6. The predicted octanol–water partition coefficient (Wildman–Crippen LogP) is 0.158. The lowest BCUT2D eigenvalue weighted by Gasteiger charge is -2.13. The number of aliphatic hydroxyl groups is 1. The monoisotopic (exact) mass is 290 g/mol. The van der Waals surface area contributed by atoms with Gasteiger partial charge >= 0.3 is 5.97 Å². The van der Waals surface area contributed by atoms with Crippen molar-refractivity contribution in [2.75, 3.05) is 26.7 Å². The number of methoxy groups -OCH3 is 1. The van der Waals surface area contributed by atoms with E-state index in [2.05, 4.69) is 15.4 Å². The van der Waals surface area contributed by atoms with Crippen molar-refractivity contribution in [1.82, 2.24) is 10.6 Å². The van der Waals surface area contributed by atoms with Gasteiger partial charge in [-0.2, -0.15) is 0 Å². The highest BCUT2D eigenvalue weighted by atomic mass is 35.5. The van der Waals surface area contributed by atoms with Crippen LogP contribution in [0, 0.1) is 5.92 Å². The van der Waals surface area contributed by atoms with E-state index in [1.165, 1.54) is 13.4 Å². The maximum Gasteiger partial charge on any atom is 0.341 e. The Bertz CT molecular complexity index is 410. The van der Waals surface area contributed by atoms with Gasteiger partial charge in [-0.15, -0.1) is 12.4 Å². The average molecular weight is 291 g/mol. The Kier molecular flexibility index (Phi) is 6.30. The smallest absolute Gasteiger partial charge is 0.341 e. The number of hydrogen-bond donors (Lipinski definition) is 3. The van der Waals surface area contributed by atoms with Crippen LogP contribution in [0.15, 0.2) is 16.7 Å². The molecule has 1 aliphatic heterocycles. The summed E-state index contributed by atoms with van der Waals surface area (Å²) in [6.07, 6.45) is 1.09. The molecule has 6 nitrogen and oxygen atoms in total. The Morgan fingerprint density at radius 2 is 2.42 bits per heavy atom. The second-order valence-corrected chi connectivity index (χ2v) is 4.41. The van der Waals surface area contributed by atoms with Crippen LogP contribution in [-0.2, 0) is 11.3 Å². The second kappa shape index (κ2) is 7.49. The molecule has 19 heavy (non-hydrogen) atoms. The number of carbonyl (C=O) groups is 1. The first-order valence-electron chi connectivity index (χ1n) is 5.96. The quantitative estimate of drug-likeness (QED) is 0.670. The van der Waals surface area contributed by atoms with Crippen LogP contribution < -0.4 is 10.6 Å². The lowest BCUT2D eigenvalue weighted by molar-refractivity contribution is 0.0600. The summed E-state index contributed by atoms with van der Waals surface area (Å²) in [6.45, 7) is 2.71. The van der Waals surface area contributed by atoms with Crippen molar-refractivity contribution in [3.63, 3.8) is 0 Å². The van der Waals surface area contributed by atoms with Crippen molar-refractivity contribution in [2.24, 2.45) is 5.92 Å². The third kappa shape index (κ3) is 4.21. The van der Waals surface area contributed by atoms with Crippen molar-refractivity contribution >= 4 is 18.4 Å². The number of ether oxygens (including phenoxy) is 1. The predicted molar refractivity (Wildman–Crippen MR) is 71.4 cm³/mol. The molecule has 2 heterocycles. The molecule has 1 fully saturated rings. The lowest BCUT2D eigenvalue weighted by Crippen LogP contribution is -2.30. The van der Waals surface area contributed by atoms with E-state index in [0.29, 0.717) is 31.0 Å². The molecule has 2 unspecified atom stereocenters. The number of halogens is 1. The molecule has 0 bridgehead atoms. The maximum atomic E-state index is 11.2. The van der Waals surface area contributed by atoms with Crippen molar-refractivity contribution < 1.29 is 19.1 Å². The summed E-state index contributed by atoms with van der Waals surface area (Å²) in [5.74, 6) is 0.497. The van der Waals surface area contributed by atoms with E-state index in [0.717, 1.165) is 6.54 Å². The van der Waals surface area contributed by atoms with Crippen LogP contribution in [0.4, 0.5) is 0 Å². The molecule has 1 aromatic rings. The third-order valence-electron chi connectivity index (χ3n) is 3.08. The normalized spacial score (nSPS) is 22.0. The van der Waals surface area contributed by atoms with Gasteiger partial charge in [-0.1, -0.05) is 0 Å². The fraction of sp³-hybridized carbons (Fsp3) is 0.583. The van der Waals surface area contributed by atoms with Crippen molar-refractivity contribution in [3.8, 4) is 0 Å². The highest BCUT2D eigenvalue weighted by molar-refractivity contribution is 5.88. The molecule has 1 aromatic heterocycles. The van der Waals surface area contributed by atoms with E-state index in [9.17, 15) is 9.90 Å². The summed E-state index contributed by atoms with van der Waals surface area (Å²) in [4.78, 5) is 11.2. The zero-order valence-corrected chi connectivity index (χ0v) is 11.5. The first kappa shape index (κ1) is 16.0. The zero-order chi connectivity index (χ0) is 13.0. The van der Waals surface area contributed by atoms with Crippen LogP contribution >= 0.6 is 12.4 Å². The summed E-state index contributed by atoms with van der Waals surface area (Å²) in [5, 5.41) is 15.9. The molecule has 0 spiro atoms. The van der Waals surface area contributed by atoms with Gasteiger partial charge in [0, 0.05) is 25.6 Å². The van der Waals surface area contributed by atoms with Gasteiger partial charge < -0.3 is 24.9 Å². The largest absolute Gasteiger partial charge is 0.467 e. The Hall–Kier alpha value is -1.08. The summed E-state index contributed by atoms with van der Waals surface area (Å²) < 4.78 is 9.83. The van der Waals surface area contributed by atoms with Gasteiger partial charge in [-0.3, -0.25) is 0 Å². The first-order chi connectivity index (χ1) is 8.70. The molecule has 0 radical (unpaired) electrons. The second-order valence-electron chi connectivity index (χ2n) is 4.41. The number of furan rings is 1. The Morgan fingerprint density at radius 3 is 3.05 bits per heavy atom. The molecule has 0 aliphatic carbocycles. The molecule has 3 N–H and O–H groups in total. The van der Waals surface area contributed by atoms with Gasteiger partial charge in [0.05, 0.1) is 25.3 Å². The molecular formula is C12H19ClN2O4. The summed E-state index contributed by atoms with van der Waals surface area (Å²) in [7, 11) is 1.34. The fourth-order valence-electron chi connectivity index (χ4n) is 2.01. The topological polar surface area (TPSA) is 83.7 Å². The van der Waals surface area contributed by atoms with E-state index in [1.807, 2.05) is 0 Å². The SMILES string of the molecule is COC(=O)c1coc(CNCC2CNCC2O)c1.Cl. The number of carbonyl (C=O) groups excluding carboxylic acids is 1.